The molecule has 27 heavy (non-hydrogen) atoms. The lowest BCUT2D eigenvalue weighted by Crippen LogP contribution is -2.41. The van der Waals surface area contributed by atoms with Crippen LogP contribution in [0.2, 0.25) is 0 Å². The Morgan fingerprint density at radius 1 is 1.30 bits per heavy atom. The van der Waals surface area contributed by atoms with Crippen molar-refractivity contribution in [3.8, 4) is 11.5 Å². The number of aliphatic hydroxyl groups is 1. The number of benzene rings is 1. The minimum absolute atomic E-state index is 0.0913. The van der Waals surface area contributed by atoms with E-state index in [0.29, 0.717) is 19.3 Å². The van der Waals surface area contributed by atoms with Gasteiger partial charge < -0.3 is 20.4 Å². The second-order valence-electron chi connectivity index (χ2n) is 7.66. The second kappa shape index (κ2) is 7.96. The van der Waals surface area contributed by atoms with E-state index < -0.39 is 29.7 Å². The molecule has 0 heterocycles. The molecule has 1 aliphatic carbocycles. The Bertz CT molecular complexity index is 790. The summed E-state index contributed by atoms with van der Waals surface area (Å²) < 4.78 is 0. The largest absolute Gasteiger partial charge is 0.508 e. The number of carboxylic acids is 1. The summed E-state index contributed by atoms with van der Waals surface area (Å²) in [6.45, 7) is 7.92. The van der Waals surface area contributed by atoms with Crippen molar-refractivity contribution in [3.05, 3.63) is 47.6 Å². The second-order valence-corrected chi connectivity index (χ2v) is 7.66. The van der Waals surface area contributed by atoms with Gasteiger partial charge in [0.05, 0.1) is 11.7 Å². The van der Waals surface area contributed by atoms with Gasteiger partial charge in [0.2, 0.25) is 0 Å². The SMILES string of the molecule is C=C1CCC(O)C(C)(C)C1CC=C(CC(=O)c1cc(O)ccc1O)C(=O)O. The molecule has 2 unspecified atom stereocenters. The first-order valence-electron chi connectivity index (χ1n) is 8.87. The van der Waals surface area contributed by atoms with E-state index in [1.54, 1.807) is 0 Å². The minimum atomic E-state index is -1.22. The van der Waals surface area contributed by atoms with Crippen LogP contribution < -0.4 is 0 Å². The van der Waals surface area contributed by atoms with E-state index in [9.17, 15) is 30.0 Å². The maximum absolute atomic E-state index is 12.4. The summed E-state index contributed by atoms with van der Waals surface area (Å²) >= 11 is 0. The predicted molar refractivity (Wildman–Crippen MR) is 101 cm³/mol. The molecule has 1 aliphatic rings. The summed E-state index contributed by atoms with van der Waals surface area (Å²) in [5.74, 6) is -2.42. The smallest absolute Gasteiger partial charge is 0.331 e. The number of carboxylic acid groups (broad SMARTS) is 1. The van der Waals surface area contributed by atoms with Crippen LogP contribution in [0.4, 0.5) is 0 Å². The Morgan fingerprint density at radius 3 is 2.59 bits per heavy atom. The molecule has 146 valence electrons. The highest BCUT2D eigenvalue weighted by Gasteiger charge is 2.40. The van der Waals surface area contributed by atoms with E-state index in [-0.39, 0.29) is 28.6 Å². The number of Topliss-reactive ketones (excluding diaryl/α,β-unsaturated/α-hetero) is 1. The molecular formula is C21H26O6. The molecule has 0 aliphatic heterocycles. The number of aliphatic carboxylic acids is 1. The maximum atomic E-state index is 12.4. The Balaban J connectivity index is 2.22. The van der Waals surface area contributed by atoms with Gasteiger partial charge in [0.1, 0.15) is 11.5 Å². The van der Waals surface area contributed by atoms with Gasteiger partial charge in [0, 0.05) is 12.0 Å². The van der Waals surface area contributed by atoms with Crippen molar-refractivity contribution in [1.82, 2.24) is 0 Å². The van der Waals surface area contributed by atoms with Gasteiger partial charge in [0.15, 0.2) is 5.78 Å². The summed E-state index contributed by atoms with van der Waals surface area (Å²) in [5, 5.41) is 39.0. The number of rotatable bonds is 6. The summed E-state index contributed by atoms with van der Waals surface area (Å²) in [7, 11) is 0. The fourth-order valence-corrected chi connectivity index (χ4v) is 3.61. The van der Waals surface area contributed by atoms with Gasteiger partial charge in [-0.25, -0.2) is 4.79 Å². The van der Waals surface area contributed by atoms with Crippen LogP contribution in [0.3, 0.4) is 0 Å². The number of carbonyl (C=O) groups is 2. The van der Waals surface area contributed by atoms with Crippen LogP contribution in [0.15, 0.2) is 42.0 Å². The summed E-state index contributed by atoms with van der Waals surface area (Å²) in [4.78, 5) is 24.0. The first-order valence-corrected chi connectivity index (χ1v) is 8.87. The Hall–Kier alpha value is -2.60. The van der Waals surface area contributed by atoms with Crippen LogP contribution in [0.1, 0.15) is 49.9 Å². The summed E-state index contributed by atoms with van der Waals surface area (Å²) in [6.07, 6.45) is 2.25. The molecular weight excluding hydrogens is 348 g/mol. The van der Waals surface area contributed by atoms with Crippen molar-refractivity contribution < 1.29 is 30.0 Å². The highest BCUT2D eigenvalue weighted by Crippen LogP contribution is 2.45. The van der Waals surface area contributed by atoms with Crippen molar-refractivity contribution in [2.75, 3.05) is 0 Å². The van der Waals surface area contributed by atoms with Crippen molar-refractivity contribution >= 4 is 11.8 Å². The van der Waals surface area contributed by atoms with Crippen LogP contribution in [-0.4, -0.2) is 38.3 Å². The lowest BCUT2D eigenvalue weighted by atomic mass is 9.63. The number of phenolic OH excluding ortho intramolecular Hbond substituents is 2. The molecule has 6 nitrogen and oxygen atoms in total. The number of aromatic hydroxyl groups is 2. The Labute approximate surface area is 158 Å². The van der Waals surface area contributed by atoms with E-state index in [2.05, 4.69) is 6.58 Å². The number of aliphatic hydroxyl groups excluding tert-OH is 1. The van der Waals surface area contributed by atoms with Crippen LogP contribution in [0.5, 0.6) is 11.5 Å². The molecule has 1 aromatic rings. The minimum Gasteiger partial charge on any atom is -0.508 e. The third-order valence-corrected chi connectivity index (χ3v) is 5.49. The van der Waals surface area contributed by atoms with E-state index in [1.165, 1.54) is 18.2 Å². The maximum Gasteiger partial charge on any atom is 0.331 e. The average molecular weight is 374 g/mol. The van der Waals surface area contributed by atoms with Gasteiger partial charge in [-0.15, -0.1) is 0 Å². The average Bonchev–Trinajstić information content (AvgIpc) is 2.59. The highest BCUT2D eigenvalue weighted by molar-refractivity contribution is 6.04. The molecule has 1 saturated carbocycles. The zero-order valence-electron chi connectivity index (χ0n) is 15.6. The van der Waals surface area contributed by atoms with Crippen LogP contribution in [0.25, 0.3) is 0 Å². The number of hydrogen-bond donors (Lipinski definition) is 4. The van der Waals surface area contributed by atoms with Crippen LogP contribution in [-0.2, 0) is 4.79 Å². The molecule has 0 bridgehead atoms. The standard InChI is InChI=1S/C21H26O6/c1-12-4-9-19(25)21(2,3)16(12)7-5-13(20(26)27)10-18(24)15-11-14(22)6-8-17(15)23/h5-6,8,11,16,19,22-23,25H,1,4,7,9-10H2,2-3H3,(H,26,27). The molecule has 0 radical (unpaired) electrons. The first kappa shape index (κ1) is 20.7. The van der Waals surface area contributed by atoms with Crippen LogP contribution >= 0.6 is 0 Å². The molecule has 0 aromatic heterocycles. The van der Waals surface area contributed by atoms with Gasteiger partial charge in [-0.1, -0.05) is 32.1 Å². The zero-order valence-corrected chi connectivity index (χ0v) is 15.6. The van der Waals surface area contributed by atoms with E-state index in [4.69, 9.17) is 0 Å². The van der Waals surface area contributed by atoms with Crippen molar-refractivity contribution in [2.45, 2.75) is 45.6 Å². The monoisotopic (exact) mass is 374 g/mol. The first-order chi connectivity index (χ1) is 12.5. The molecule has 4 N–H and O–H groups in total. The van der Waals surface area contributed by atoms with Gasteiger partial charge in [-0.2, -0.15) is 0 Å². The predicted octanol–water partition coefficient (Wildman–Crippen LogP) is 3.43. The van der Waals surface area contributed by atoms with E-state index in [1.807, 2.05) is 13.8 Å². The normalized spacial score (nSPS) is 22.5. The Morgan fingerprint density at radius 2 is 1.96 bits per heavy atom. The molecule has 6 heteroatoms. The number of phenols is 2. The van der Waals surface area contributed by atoms with Gasteiger partial charge in [0.25, 0.3) is 0 Å². The Kier molecular flexibility index (Phi) is 6.11. The molecule has 2 atom stereocenters. The van der Waals surface area contributed by atoms with Gasteiger partial charge >= 0.3 is 5.97 Å². The molecule has 0 spiro atoms. The molecule has 1 aromatic carbocycles. The van der Waals surface area contributed by atoms with E-state index in [0.717, 1.165) is 11.6 Å². The van der Waals surface area contributed by atoms with Gasteiger partial charge in [-0.05, 0) is 48.8 Å². The summed E-state index contributed by atoms with van der Waals surface area (Å²) in [5.41, 5.74) is 0.303. The molecule has 0 saturated heterocycles. The van der Waals surface area contributed by atoms with Gasteiger partial charge in [-0.3, -0.25) is 4.79 Å². The third-order valence-electron chi connectivity index (χ3n) is 5.49. The van der Waals surface area contributed by atoms with Crippen molar-refractivity contribution in [3.63, 3.8) is 0 Å². The van der Waals surface area contributed by atoms with E-state index >= 15 is 0 Å². The number of hydrogen-bond acceptors (Lipinski definition) is 5. The third kappa shape index (κ3) is 4.57. The number of allylic oxidation sites excluding steroid dienone is 2. The van der Waals surface area contributed by atoms with Crippen molar-refractivity contribution in [2.24, 2.45) is 11.3 Å². The zero-order chi connectivity index (χ0) is 20.4. The fraction of sp³-hybridized carbons (Fsp3) is 0.429. The molecule has 0 amide bonds. The topological polar surface area (TPSA) is 115 Å². The van der Waals surface area contributed by atoms with Crippen molar-refractivity contribution in [1.29, 1.82) is 0 Å². The number of ketones is 1. The van der Waals surface area contributed by atoms with Crippen LogP contribution in [0, 0.1) is 11.3 Å². The quantitative estimate of drug-likeness (QED) is 0.262. The highest BCUT2D eigenvalue weighted by atomic mass is 16.4. The fourth-order valence-electron chi connectivity index (χ4n) is 3.61. The lowest BCUT2D eigenvalue weighted by Gasteiger charge is -2.43. The number of carbonyl (C=O) groups excluding carboxylic acids is 1. The lowest BCUT2D eigenvalue weighted by molar-refractivity contribution is -0.132. The summed E-state index contributed by atoms with van der Waals surface area (Å²) in [6, 6.07) is 3.53. The molecule has 2 rings (SSSR count). The molecule has 1 fully saturated rings.